The molecule has 5 nitrogen and oxygen atoms in total. The van der Waals surface area contributed by atoms with Gasteiger partial charge in [-0.2, -0.15) is 0 Å². The maximum Gasteiger partial charge on any atom is 0.270 e. The third-order valence-corrected chi connectivity index (χ3v) is 6.22. The summed E-state index contributed by atoms with van der Waals surface area (Å²) in [5.74, 6) is -0.278. The number of hydrogen-bond donors (Lipinski definition) is 1. The van der Waals surface area contributed by atoms with Gasteiger partial charge in [-0.05, 0) is 66.2 Å². The molecule has 1 aliphatic heterocycles. The number of benzene rings is 3. The molecule has 1 saturated heterocycles. The van der Waals surface area contributed by atoms with Gasteiger partial charge in [-0.1, -0.05) is 64.5 Å². The third-order valence-electron chi connectivity index (χ3n) is 5.16. The quantitative estimate of drug-likeness (QED) is 0.273. The fourth-order valence-corrected chi connectivity index (χ4v) is 4.29. The average molecular weight is 521 g/mol. The second-order valence-corrected chi connectivity index (χ2v) is 8.60. The maximum absolute atomic E-state index is 13.2. The highest BCUT2D eigenvalue weighted by molar-refractivity contribution is 9.10. The zero-order valence-corrected chi connectivity index (χ0v) is 20.3. The molecule has 4 rings (SSSR count). The molecule has 0 saturated carbocycles. The Balaban J connectivity index is 1.68. The smallest absolute Gasteiger partial charge is 0.270 e. The van der Waals surface area contributed by atoms with Crippen LogP contribution in [-0.4, -0.2) is 23.5 Å². The van der Waals surface area contributed by atoms with Crippen LogP contribution < -0.4 is 15.0 Å². The molecular formula is C26H21BrN2O3S. The van der Waals surface area contributed by atoms with Crippen LogP contribution in [0, 0.1) is 0 Å². The molecule has 0 unspecified atom stereocenters. The van der Waals surface area contributed by atoms with Crippen LogP contribution in [0.2, 0.25) is 0 Å². The number of carbonyl (C=O) groups excluding carboxylic acids is 2. The van der Waals surface area contributed by atoms with Gasteiger partial charge in [0.2, 0.25) is 0 Å². The maximum atomic E-state index is 13.2. The van der Waals surface area contributed by atoms with Crippen LogP contribution in [0.3, 0.4) is 0 Å². The van der Waals surface area contributed by atoms with E-state index in [1.165, 1.54) is 4.90 Å². The van der Waals surface area contributed by atoms with E-state index in [0.717, 1.165) is 15.6 Å². The number of ether oxygens (including phenoxy) is 1. The first-order valence-corrected chi connectivity index (χ1v) is 11.6. The molecule has 166 valence electrons. The van der Waals surface area contributed by atoms with Crippen LogP contribution in [-0.2, 0) is 16.0 Å². The van der Waals surface area contributed by atoms with Crippen LogP contribution in [0.25, 0.3) is 6.08 Å². The lowest BCUT2D eigenvalue weighted by Gasteiger charge is -2.28. The fraction of sp³-hybridized carbons (Fsp3) is 0.115. The minimum absolute atomic E-state index is 0.00783. The van der Waals surface area contributed by atoms with Crippen LogP contribution in [0.1, 0.15) is 23.6 Å². The van der Waals surface area contributed by atoms with Crippen LogP contribution in [0.5, 0.6) is 5.75 Å². The van der Waals surface area contributed by atoms with Crippen molar-refractivity contribution in [2.24, 2.45) is 0 Å². The zero-order chi connectivity index (χ0) is 23.4. The summed E-state index contributed by atoms with van der Waals surface area (Å²) in [5.41, 5.74) is 3.44. The van der Waals surface area contributed by atoms with Crippen molar-refractivity contribution in [3.8, 4) is 5.75 Å². The molecule has 1 fully saturated rings. The van der Waals surface area contributed by atoms with Crippen molar-refractivity contribution in [2.75, 3.05) is 11.5 Å². The summed E-state index contributed by atoms with van der Waals surface area (Å²) in [6, 6.07) is 22.7. The monoisotopic (exact) mass is 520 g/mol. The van der Waals surface area contributed by atoms with E-state index in [9.17, 15) is 9.59 Å². The van der Waals surface area contributed by atoms with Gasteiger partial charge in [-0.3, -0.25) is 19.8 Å². The van der Waals surface area contributed by atoms with Gasteiger partial charge in [0, 0.05) is 10.9 Å². The van der Waals surface area contributed by atoms with Gasteiger partial charge >= 0.3 is 0 Å². The number of anilines is 1. The molecule has 2 amide bonds. The molecule has 3 aromatic rings. The first-order valence-electron chi connectivity index (χ1n) is 10.4. The number of hydrogen-bond acceptors (Lipinski definition) is 4. The van der Waals surface area contributed by atoms with Gasteiger partial charge in [-0.25, -0.2) is 0 Å². The molecule has 7 heteroatoms. The number of thiocarbonyl (C=S) groups is 1. The Labute approximate surface area is 206 Å². The Morgan fingerprint density at radius 2 is 1.73 bits per heavy atom. The Bertz CT molecular complexity index is 1260. The first kappa shape index (κ1) is 22.9. The van der Waals surface area contributed by atoms with E-state index >= 15 is 0 Å². The summed E-state index contributed by atoms with van der Waals surface area (Å²) in [7, 11) is 0. The number of nitrogens with one attached hydrogen (secondary N) is 1. The first-order chi connectivity index (χ1) is 16.0. The summed E-state index contributed by atoms with van der Waals surface area (Å²) in [5, 5.41) is 2.67. The molecule has 33 heavy (non-hydrogen) atoms. The number of nitrogens with zero attached hydrogens (tertiary/aromatic N) is 1. The van der Waals surface area contributed by atoms with Gasteiger partial charge in [0.15, 0.2) is 5.11 Å². The van der Waals surface area contributed by atoms with Crippen molar-refractivity contribution in [1.29, 1.82) is 0 Å². The molecule has 1 N–H and O–H groups in total. The molecular weight excluding hydrogens is 500 g/mol. The highest BCUT2D eigenvalue weighted by Gasteiger charge is 2.34. The number of rotatable bonds is 6. The van der Waals surface area contributed by atoms with Crippen molar-refractivity contribution >= 4 is 56.8 Å². The molecule has 1 aliphatic rings. The van der Waals surface area contributed by atoms with Gasteiger partial charge in [0.25, 0.3) is 11.8 Å². The summed E-state index contributed by atoms with van der Waals surface area (Å²) in [6.45, 7) is 2.42. The highest BCUT2D eigenvalue weighted by Crippen LogP contribution is 2.28. The third kappa shape index (κ3) is 5.05. The molecule has 3 aromatic carbocycles. The molecule has 0 aliphatic carbocycles. The Hall–Kier alpha value is -3.29. The van der Waals surface area contributed by atoms with Crippen molar-refractivity contribution in [3.63, 3.8) is 0 Å². The van der Waals surface area contributed by atoms with Crippen LogP contribution in [0.4, 0.5) is 5.69 Å². The lowest BCUT2D eigenvalue weighted by molar-refractivity contribution is -0.122. The lowest BCUT2D eigenvalue weighted by atomic mass is 10.0. The predicted octanol–water partition coefficient (Wildman–Crippen LogP) is 5.27. The van der Waals surface area contributed by atoms with Crippen molar-refractivity contribution < 1.29 is 14.3 Å². The van der Waals surface area contributed by atoms with Gasteiger partial charge in [-0.15, -0.1) is 0 Å². The largest absolute Gasteiger partial charge is 0.494 e. The number of carbonyl (C=O) groups is 2. The van der Waals surface area contributed by atoms with E-state index < -0.39 is 11.8 Å². The minimum Gasteiger partial charge on any atom is -0.494 e. The fourth-order valence-electron chi connectivity index (χ4n) is 3.58. The topological polar surface area (TPSA) is 58.6 Å². The van der Waals surface area contributed by atoms with E-state index in [1.54, 1.807) is 18.2 Å². The van der Waals surface area contributed by atoms with E-state index in [1.807, 2.05) is 61.5 Å². The molecule has 0 atom stereocenters. The second kappa shape index (κ2) is 10.1. The number of halogens is 1. The Morgan fingerprint density at radius 1 is 1.00 bits per heavy atom. The van der Waals surface area contributed by atoms with Crippen LogP contribution in [0.15, 0.2) is 82.8 Å². The summed E-state index contributed by atoms with van der Waals surface area (Å²) < 4.78 is 6.91. The minimum atomic E-state index is -0.521. The van der Waals surface area contributed by atoms with Gasteiger partial charge in [0.05, 0.1) is 12.3 Å². The predicted molar refractivity (Wildman–Crippen MR) is 137 cm³/mol. The number of para-hydroxylation sites is 1. The normalized spacial score (nSPS) is 15.0. The summed E-state index contributed by atoms with van der Waals surface area (Å²) in [6.07, 6.45) is 2.25. The SMILES string of the molecule is CCOc1cc(/C=C2/C(=O)NC(=S)N(c3ccccc3)C2=O)ccc1Cc1ccccc1Br. The van der Waals surface area contributed by atoms with Gasteiger partial charge in [0.1, 0.15) is 11.3 Å². The molecule has 0 radical (unpaired) electrons. The van der Waals surface area contributed by atoms with E-state index in [0.29, 0.717) is 30.0 Å². The Kier molecular flexibility index (Phi) is 7.01. The summed E-state index contributed by atoms with van der Waals surface area (Å²) in [4.78, 5) is 27.1. The van der Waals surface area contributed by atoms with E-state index in [2.05, 4.69) is 27.3 Å². The zero-order valence-electron chi connectivity index (χ0n) is 17.9. The molecule has 1 heterocycles. The van der Waals surface area contributed by atoms with E-state index in [-0.39, 0.29) is 10.7 Å². The second-order valence-electron chi connectivity index (χ2n) is 7.36. The lowest BCUT2D eigenvalue weighted by Crippen LogP contribution is -2.54. The van der Waals surface area contributed by atoms with Crippen molar-refractivity contribution in [1.82, 2.24) is 5.32 Å². The average Bonchev–Trinajstić information content (AvgIpc) is 2.80. The van der Waals surface area contributed by atoms with Crippen molar-refractivity contribution in [2.45, 2.75) is 13.3 Å². The number of amides is 2. The van der Waals surface area contributed by atoms with Crippen LogP contribution >= 0.6 is 28.1 Å². The highest BCUT2D eigenvalue weighted by atomic mass is 79.9. The molecule has 0 bridgehead atoms. The van der Waals surface area contributed by atoms with Crippen molar-refractivity contribution in [3.05, 3.63) is 99.5 Å². The van der Waals surface area contributed by atoms with E-state index in [4.69, 9.17) is 17.0 Å². The standard InChI is InChI=1S/C26H21BrN2O3S/c1-2-32-23-15-17(12-13-19(23)16-18-8-6-7-11-22(18)27)14-21-24(30)28-26(33)29(25(21)31)20-9-4-3-5-10-20/h3-15H,2,16H2,1H3,(H,28,30,33)/b21-14-. The Morgan fingerprint density at radius 3 is 2.45 bits per heavy atom. The molecule has 0 aromatic heterocycles. The van der Waals surface area contributed by atoms with Gasteiger partial charge < -0.3 is 4.74 Å². The molecule has 0 spiro atoms. The summed E-state index contributed by atoms with van der Waals surface area (Å²) >= 11 is 8.84.